The minimum atomic E-state index is -4.50. The summed E-state index contributed by atoms with van der Waals surface area (Å²) in [6.07, 6.45) is -0.955. The second-order valence-corrected chi connectivity index (χ2v) is 4.50. The summed E-state index contributed by atoms with van der Waals surface area (Å²) in [6, 6.07) is 1.82. The van der Waals surface area contributed by atoms with E-state index >= 15 is 0 Å². The minimum Gasteiger partial charge on any atom is -0.232 e. The van der Waals surface area contributed by atoms with Gasteiger partial charge in [0, 0.05) is 11.3 Å². The van der Waals surface area contributed by atoms with Crippen LogP contribution in [0.5, 0.6) is 0 Å². The van der Waals surface area contributed by atoms with Gasteiger partial charge in [-0.2, -0.15) is 23.5 Å². The van der Waals surface area contributed by atoms with Crippen molar-refractivity contribution in [2.75, 3.05) is 0 Å². The molecule has 3 rings (SSSR count). The zero-order valence-electron chi connectivity index (χ0n) is 9.83. The van der Waals surface area contributed by atoms with Crippen molar-refractivity contribution in [1.29, 1.82) is 5.26 Å². The molecule has 0 amide bonds. The largest absolute Gasteiger partial charge is 0.433 e. The summed E-state index contributed by atoms with van der Waals surface area (Å²) in [7, 11) is 0. The lowest BCUT2D eigenvalue weighted by Crippen LogP contribution is -2.21. The molecule has 0 spiro atoms. The third kappa shape index (κ3) is 1.75. The van der Waals surface area contributed by atoms with E-state index in [0.29, 0.717) is 18.5 Å². The van der Waals surface area contributed by atoms with E-state index in [0.717, 1.165) is 23.6 Å². The summed E-state index contributed by atoms with van der Waals surface area (Å²) < 4.78 is 40.5. The highest BCUT2D eigenvalue weighted by atomic mass is 19.4. The molecule has 4 nitrogen and oxygen atoms in total. The average Bonchev–Trinajstić information content (AvgIpc) is 2.76. The molecule has 0 atom stereocenters. The van der Waals surface area contributed by atoms with Crippen LogP contribution in [-0.4, -0.2) is 14.6 Å². The lowest BCUT2D eigenvalue weighted by atomic mass is 9.94. The van der Waals surface area contributed by atoms with Crippen molar-refractivity contribution < 1.29 is 13.2 Å². The monoisotopic (exact) mass is 266 g/mol. The first-order valence-corrected chi connectivity index (χ1v) is 5.89. The summed E-state index contributed by atoms with van der Waals surface area (Å²) in [6.45, 7) is 0. The molecule has 1 aliphatic carbocycles. The Kier molecular flexibility index (Phi) is 2.49. The fourth-order valence-corrected chi connectivity index (χ4v) is 2.51. The van der Waals surface area contributed by atoms with Crippen molar-refractivity contribution in [3.63, 3.8) is 0 Å². The van der Waals surface area contributed by atoms with Gasteiger partial charge in [0.15, 0.2) is 11.3 Å². The molecule has 2 aromatic rings. The van der Waals surface area contributed by atoms with Crippen molar-refractivity contribution in [2.24, 2.45) is 0 Å². The van der Waals surface area contributed by atoms with E-state index in [-0.39, 0.29) is 16.8 Å². The maximum Gasteiger partial charge on any atom is 0.433 e. The van der Waals surface area contributed by atoms with Crippen molar-refractivity contribution in [1.82, 2.24) is 14.6 Å². The first kappa shape index (κ1) is 12.0. The molecule has 0 unspecified atom stereocenters. The van der Waals surface area contributed by atoms with Gasteiger partial charge in [0.05, 0.1) is 6.20 Å². The lowest BCUT2D eigenvalue weighted by Gasteiger charge is -2.20. The number of rotatable bonds is 0. The molecular formula is C12H9F3N4. The van der Waals surface area contributed by atoms with E-state index in [1.54, 1.807) is 0 Å². The van der Waals surface area contributed by atoms with Crippen molar-refractivity contribution in [3.05, 3.63) is 28.7 Å². The molecule has 98 valence electrons. The minimum absolute atomic E-state index is 0.00419. The SMILES string of the molecule is N#Cc1cnn2c(C(F)(F)F)c3c(nc12)CCCC3. The molecular weight excluding hydrogens is 257 g/mol. The standard InChI is InChI=1S/C12H9F3N4/c13-12(14,15)10-8-3-1-2-4-9(8)18-11-7(5-16)6-17-19(10)11/h6H,1-4H2. The van der Waals surface area contributed by atoms with Crippen LogP contribution in [0.1, 0.15) is 35.4 Å². The molecule has 0 radical (unpaired) electrons. The molecule has 19 heavy (non-hydrogen) atoms. The van der Waals surface area contributed by atoms with Crippen LogP contribution in [0, 0.1) is 11.3 Å². The number of nitriles is 1. The van der Waals surface area contributed by atoms with Crippen LogP contribution in [-0.2, 0) is 19.0 Å². The topological polar surface area (TPSA) is 54.0 Å². The van der Waals surface area contributed by atoms with Gasteiger partial charge in [-0.1, -0.05) is 0 Å². The number of aryl methyl sites for hydroxylation is 1. The van der Waals surface area contributed by atoms with Crippen LogP contribution >= 0.6 is 0 Å². The average molecular weight is 266 g/mol. The molecule has 7 heteroatoms. The van der Waals surface area contributed by atoms with Gasteiger partial charge in [-0.05, 0) is 25.7 Å². The van der Waals surface area contributed by atoms with Crippen LogP contribution in [0.2, 0.25) is 0 Å². The summed E-state index contributed by atoms with van der Waals surface area (Å²) in [5, 5.41) is 12.6. The van der Waals surface area contributed by atoms with Gasteiger partial charge in [0.1, 0.15) is 11.6 Å². The van der Waals surface area contributed by atoms with Gasteiger partial charge in [-0.3, -0.25) is 0 Å². The van der Waals surface area contributed by atoms with Gasteiger partial charge in [0.25, 0.3) is 0 Å². The Labute approximate surface area is 106 Å². The van der Waals surface area contributed by atoms with Crippen LogP contribution in [0.3, 0.4) is 0 Å². The van der Waals surface area contributed by atoms with E-state index in [1.165, 1.54) is 0 Å². The number of fused-ring (bicyclic) bond motifs is 2. The molecule has 0 saturated carbocycles. The van der Waals surface area contributed by atoms with Crippen molar-refractivity contribution in [3.8, 4) is 6.07 Å². The number of alkyl halides is 3. The smallest absolute Gasteiger partial charge is 0.232 e. The third-order valence-corrected chi connectivity index (χ3v) is 3.31. The molecule has 2 aromatic heterocycles. The van der Waals surface area contributed by atoms with Crippen LogP contribution in [0.25, 0.3) is 5.65 Å². The predicted octanol–water partition coefficient (Wildman–Crippen LogP) is 2.50. The van der Waals surface area contributed by atoms with Gasteiger partial charge in [-0.25, -0.2) is 9.50 Å². The Hall–Kier alpha value is -2.10. The number of aromatic nitrogens is 3. The number of halogens is 3. The van der Waals surface area contributed by atoms with E-state index in [1.807, 2.05) is 6.07 Å². The quantitative estimate of drug-likeness (QED) is 0.736. The number of hydrogen-bond acceptors (Lipinski definition) is 3. The molecule has 0 bridgehead atoms. The Morgan fingerprint density at radius 2 is 2.00 bits per heavy atom. The normalized spacial score (nSPS) is 15.3. The molecule has 0 saturated heterocycles. The van der Waals surface area contributed by atoms with Crippen LogP contribution < -0.4 is 0 Å². The Morgan fingerprint density at radius 3 is 2.68 bits per heavy atom. The van der Waals surface area contributed by atoms with E-state index in [4.69, 9.17) is 5.26 Å². The van der Waals surface area contributed by atoms with Crippen LogP contribution in [0.4, 0.5) is 13.2 Å². The van der Waals surface area contributed by atoms with Gasteiger partial charge >= 0.3 is 6.18 Å². The first-order chi connectivity index (χ1) is 9.02. The summed E-state index contributed by atoms with van der Waals surface area (Å²) in [5.41, 5.74) is -0.0510. The van der Waals surface area contributed by atoms with Crippen LogP contribution in [0.15, 0.2) is 6.20 Å². The van der Waals surface area contributed by atoms with Gasteiger partial charge in [0.2, 0.25) is 0 Å². The summed E-state index contributed by atoms with van der Waals surface area (Å²) in [4.78, 5) is 4.20. The Balaban J connectivity index is 2.42. The van der Waals surface area contributed by atoms with E-state index in [9.17, 15) is 13.2 Å². The fourth-order valence-electron chi connectivity index (χ4n) is 2.51. The molecule has 0 aromatic carbocycles. The van der Waals surface area contributed by atoms with Crippen molar-refractivity contribution >= 4 is 5.65 Å². The highest BCUT2D eigenvalue weighted by molar-refractivity contribution is 5.56. The zero-order chi connectivity index (χ0) is 13.6. The zero-order valence-corrected chi connectivity index (χ0v) is 9.83. The maximum atomic E-state index is 13.2. The second-order valence-electron chi connectivity index (χ2n) is 4.50. The highest BCUT2D eigenvalue weighted by Crippen LogP contribution is 2.36. The third-order valence-electron chi connectivity index (χ3n) is 3.31. The highest BCUT2D eigenvalue weighted by Gasteiger charge is 2.39. The first-order valence-electron chi connectivity index (χ1n) is 5.89. The van der Waals surface area contributed by atoms with Gasteiger partial charge in [-0.15, -0.1) is 0 Å². The molecule has 0 aliphatic heterocycles. The van der Waals surface area contributed by atoms with Crippen molar-refractivity contribution in [2.45, 2.75) is 31.9 Å². The summed E-state index contributed by atoms with van der Waals surface area (Å²) >= 11 is 0. The lowest BCUT2D eigenvalue weighted by molar-refractivity contribution is -0.143. The molecule has 0 fully saturated rings. The fraction of sp³-hybridized carbons (Fsp3) is 0.417. The maximum absolute atomic E-state index is 13.2. The number of nitrogens with zero attached hydrogens (tertiary/aromatic N) is 4. The molecule has 2 heterocycles. The summed E-state index contributed by atoms with van der Waals surface area (Å²) in [5.74, 6) is 0. The Morgan fingerprint density at radius 1 is 1.26 bits per heavy atom. The van der Waals surface area contributed by atoms with Gasteiger partial charge < -0.3 is 0 Å². The number of hydrogen-bond donors (Lipinski definition) is 0. The molecule has 1 aliphatic rings. The molecule has 0 N–H and O–H groups in total. The van der Waals surface area contributed by atoms with E-state index < -0.39 is 11.9 Å². The second kappa shape index (κ2) is 3.95. The Bertz CT molecular complexity index is 694. The predicted molar refractivity (Wildman–Crippen MR) is 59.3 cm³/mol. The van der Waals surface area contributed by atoms with E-state index in [2.05, 4.69) is 10.1 Å².